The number of carbonyl (C=O) groups is 2. The molecule has 3 aromatic carbocycles. The van der Waals surface area contributed by atoms with Gasteiger partial charge < -0.3 is 25.1 Å². The summed E-state index contributed by atoms with van der Waals surface area (Å²) in [5, 5.41) is 5.65. The van der Waals surface area contributed by atoms with Crippen LogP contribution >= 0.6 is 0 Å². The topological polar surface area (TPSA) is 105 Å². The summed E-state index contributed by atoms with van der Waals surface area (Å²) in [5.41, 5.74) is 3.11. The molecule has 8 heteroatoms. The Hall–Kier alpha value is -4.59. The smallest absolute Gasteiger partial charge is 0.267 e. The molecule has 2 amide bonds. The van der Waals surface area contributed by atoms with Gasteiger partial charge in [-0.2, -0.15) is 0 Å². The highest BCUT2D eigenvalue weighted by Gasteiger charge is 2.15. The number of H-pyrrole nitrogens is 1. The highest BCUT2D eigenvalue weighted by molar-refractivity contribution is 6.05. The summed E-state index contributed by atoms with van der Waals surface area (Å²) >= 11 is 0. The second kappa shape index (κ2) is 12.6. The highest BCUT2D eigenvalue weighted by atomic mass is 16.5. The minimum atomic E-state index is -0.401. The molecular weight excluding hydrogens is 480 g/mol. The number of methoxy groups -OCH3 is 1. The lowest BCUT2D eigenvalue weighted by molar-refractivity contribution is -0.117. The minimum absolute atomic E-state index is 0.130. The molecule has 0 spiro atoms. The molecule has 0 aliphatic heterocycles. The number of aromatic amines is 1. The van der Waals surface area contributed by atoms with Crippen molar-refractivity contribution in [1.82, 2.24) is 20.6 Å². The largest absolute Gasteiger partial charge is 0.497 e. The van der Waals surface area contributed by atoms with E-state index in [1.54, 1.807) is 49.6 Å². The van der Waals surface area contributed by atoms with Gasteiger partial charge in [-0.1, -0.05) is 38.1 Å². The molecule has 1 heterocycles. The normalized spacial score (nSPS) is 11.4. The first kappa shape index (κ1) is 26.5. The molecule has 196 valence electrons. The maximum absolute atomic E-state index is 13.1. The summed E-state index contributed by atoms with van der Waals surface area (Å²) in [6, 6.07) is 21.8. The number of carbonyl (C=O) groups excluding carboxylic acids is 2. The van der Waals surface area contributed by atoms with Crippen LogP contribution in [0.4, 0.5) is 0 Å². The van der Waals surface area contributed by atoms with Crippen LogP contribution in [0.5, 0.6) is 11.5 Å². The zero-order valence-corrected chi connectivity index (χ0v) is 21.8. The Labute approximate surface area is 222 Å². The number of para-hydroxylation sites is 2. The molecule has 0 aliphatic rings. The van der Waals surface area contributed by atoms with Gasteiger partial charge in [0, 0.05) is 18.5 Å². The first-order valence-electron chi connectivity index (χ1n) is 12.5. The average Bonchev–Trinajstić information content (AvgIpc) is 3.35. The number of imidazole rings is 1. The van der Waals surface area contributed by atoms with Crippen LogP contribution in [0.15, 0.2) is 78.5 Å². The number of amides is 2. The van der Waals surface area contributed by atoms with Gasteiger partial charge in [0.25, 0.3) is 11.8 Å². The molecule has 0 bridgehead atoms. The fourth-order valence-electron chi connectivity index (χ4n) is 3.70. The Morgan fingerprint density at radius 3 is 2.37 bits per heavy atom. The molecule has 0 atom stereocenters. The van der Waals surface area contributed by atoms with Gasteiger partial charge in [-0.05, 0) is 66.1 Å². The third kappa shape index (κ3) is 7.22. The van der Waals surface area contributed by atoms with Gasteiger partial charge in [-0.3, -0.25) is 9.59 Å². The first-order chi connectivity index (χ1) is 18.4. The van der Waals surface area contributed by atoms with E-state index in [0.717, 1.165) is 22.4 Å². The zero-order valence-electron chi connectivity index (χ0n) is 21.8. The maximum Gasteiger partial charge on any atom is 0.267 e. The summed E-state index contributed by atoms with van der Waals surface area (Å²) in [5.74, 6) is 1.76. The van der Waals surface area contributed by atoms with Crippen LogP contribution in [0.1, 0.15) is 35.6 Å². The van der Waals surface area contributed by atoms with Crippen molar-refractivity contribution in [3.05, 3.63) is 95.4 Å². The second-order valence-corrected chi connectivity index (χ2v) is 9.22. The van der Waals surface area contributed by atoms with E-state index in [4.69, 9.17) is 9.47 Å². The Balaban J connectivity index is 1.45. The molecule has 0 aliphatic carbocycles. The number of fused-ring (bicyclic) bond motifs is 1. The van der Waals surface area contributed by atoms with E-state index < -0.39 is 11.8 Å². The molecule has 4 aromatic rings. The Kier molecular flexibility index (Phi) is 8.77. The lowest BCUT2D eigenvalue weighted by Crippen LogP contribution is -2.35. The molecule has 0 saturated heterocycles. The van der Waals surface area contributed by atoms with Gasteiger partial charge in [0.05, 0.1) is 24.8 Å². The standard InChI is InChI=1S/C30H32N4O4/c1-20(2)19-38-24-14-10-22(11-15-24)29(35)34-27(18-21-8-12-23(37-3)13-9-21)30(36)31-17-16-28-32-25-6-4-5-7-26(25)33-28/h4-15,18,20H,16-17,19H2,1-3H3,(H,31,36)(H,32,33)(H,34,35)/b27-18-. The van der Waals surface area contributed by atoms with Gasteiger partial charge >= 0.3 is 0 Å². The number of nitrogens with zero attached hydrogens (tertiary/aromatic N) is 1. The van der Waals surface area contributed by atoms with Crippen molar-refractivity contribution in [2.24, 2.45) is 5.92 Å². The van der Waals surface area contributed by atoms with Crippen LogP contribution < -0.4 is 20.1 Å². The minimum Gasteiger partial charge on any atom is -0.497 e. The van der Waals surface area contributed by atoms with E-state index in [1.165, 1.54) is 0 Å². The van der Waals surface area contributed by atoms with Crippen LogP contribution in [0.3, 0.4) is 0 Å². The molecule has 3 N–H and O–H groups in total. The van der Waals surface area contributed by atoms with Gasteiger partial charge in [0.2, 0.25) is 0 Å². The Bertz CT molecular complexity index is 1370. The van der Waals surface area contributed by atoms with Crippen molar-refractivity contribution in [2.45, 2.75) is 20.3 Å². The van der Waals surface area contributed by atoms with E-state index in [1.807, 2.05) is 36.4 Å². The van der Waals surface area contributed by atoms with E-state index in [0.29, 0.717) is 42.6 Å². The van der Waals surface area contributed by atoms with Crippen molar-refractivity contribution < 1.29 is 19.1 Å². The first-order valence-corrected chi connectivity index (χ1v) is 12.5. The fraction of sp³-hybridized carbons (Fsp3) is 0.233. The number of hydrogen-bond donors (Lipinski definition) is 3. The highest BCUT2D eigenvalue weighted by Crippen LogP contribution is 2.16. The molecule has 0 fully saturated rings. The molecule has 0 unspecified atom stereocenters. The van der Waals surface area contributed by atoms with E-state index >= 15 is 0 Å². The number of benzene rings is 3. The number of hydrogen-bond acceptors (Lipinski definition) is 5. The van der Waals surface area contributed by atoms with Crippen LogP contribution in [0.2, 0.25) is 0 Å². The second-order valence-electron chi connectivity index (χ2n) is 9.22. The lowest BCUT2D eigenvalue weighted by Gasteiger charge is -2.12. The fourth-order valence-corrected chi connectivity index (χ4v) is 3.70. The SMILES string of the molecule is COc1ccc(/C=C(\NC(=O)c2ccc(OCC(C)C)cc2)C(=O)NCCc2nc3ccccc3[nH]2)cc1. The van der Waals surface area contributed by atoms with Gasteiger partial charge in [-0.15, -0.1) is 0 Å². The summed E-state index contributed by atoms with van der Waals surface area (Å²) in [7, 11) is 1.59. The van der Waals surface area contributed by atoms with Crippen LogP contribution in [0, 0.1) is 5.92 Å². The van der Waals surface area contributed by atoms with E-state index in [-0.39, 0.29) is 5.70 Å². The quantitative estimate of drug-likeness (QED) is 0.252. The number of aromatic nitrogens is 2. The predicted octanol–water partition coefficient (Wildman–Crippen LogP) is 4.74. The van der Waals surface area contributed by atoms with Crippen molar-refractivity contribution >= 4 is 28.9 Å². The zero-order chi connectivity index (χ0) is 26.9. The maximum atomic E-state index is 13.1. The van der Waals surface area contributed by atoms with Crippen molar-refractivity contribution in [2.75, 3.05) is 20.3 Å². The summed E-state index contributed by atoms with van der Waals surface area (Å²) in [6.45, 7) is 5.07. The molecule has 38 heavy (non-hydrogen) atoms. The Morgan fingerprint density at radius 1 is 0.974 bits per heavy atom. The van der Waals surface area contributed by atoms with Crippen LogP contribution in [0.25, 0.3) is 17.1 Å². The average molecular weight is 513 g/mol. The van der Waals surface area contributed by atoms with Crippen molar-refractivity contribution in [3.8, 4) is 11.5 Å². The summed E-state index contributed by atoms with van der Waals surface area (Å²) in [6.07, 6.45) is 2.15. The molecule has 4 rings (SSSR count). The monoisotopic (exact) mass is 512 g/mol. The van der Waals surface area contributed by atoms with E-state index in [2.05, 4.69) is 34.4 Å². The Morgan fingerprint density at radius 2 is 1.68 bits per heavy atom. The summed E-state index contributed by atoms with van der Waals surface area (Å²) in [4.78, 5) is 33.9. The molecule has 8 nitrogen and oxygen atoms in total. The molecule has 0 radical (unpaired) electrons. The van der Waals surface area contributed by atoms with Crippen LogP contribution in [-0.2, 0) is 11.2 Å². The van der Waals surface area contributed by atoms with Crippen LogP contribution in [-0.4, -0.2) is 42.0 Å². The van der Waals surface area contributed by atoms with Gasteiger partial charge in [0.15, 0.2) is 0 Å². The third-order valence-electron chi connectivity index (χ3n) is 5.71. The van der Waals surface area contributed by atoms with Gasteiger partial charge in [-0.25, -0.2) is 4.98 Å². The molecule has 1 aromatic heterocycles. The number of rotatable bonds is 11. The number of nitrogens with one attached hydrogen (secondary N) is 3. The van der Waals surface area contributed by atoms with Gasteiger partial charge in [0.1, 0.15) is 23.0 Å². The van der Waals surface area contributed by atoms with Crippen molar-refractivity contribution in [1.29, 1.82) is 0 Å². The molecule has 0 saturated carbocycles. The number of ether oxygens (including phenoxy) is 2. The predicted molar refractivity (Wildman–Crippen MR) is 148 cm³/mol. The lowest BCUT2D eigenvalue weighted by atomic mass is 10.1. The van der Waals surface area contributed by atoms with E-state index in [9.17, 15) is 9.59 Å². The third-order valence-corrected chi connectivity index (χ3v) is 5.71. The molecular formula is C30H32N4O4. The van der Waals surface area contributed by atoms with Crippen molar-refractivity contribution in [3.63, 3.8) is 0 Å². The summed E-state index contributed by atoms with van der Waals surface area (Å²) < 4.78 is 10.9.